The first-order valence-corrected chi connectivity index (χ1v) is 12.1. The van der Waals surface area contributed by atoms with Crippen molar-refractivity contribution in [3.8, 4) is 0 Å². The van der Waals surface area contributed by atoms with Crippen LogP contribution in [0.3, 0.4) is 0 Å². The molecule has 3 fully saturated rings. The largest absolute Gasteiger partial charge is 0.326 e. The zero-order valence-electron chi connectivity index (χ0n) is 16.5. The van der Waals surface area contributed by atoms with Crippen molar-refractivity contribution >= 4 is 34.8 Å². The summed E-state index contributed by atoms with van der Waals surface area (Å²) in [6.07, 6.45) is 11.3. The van der Waals surface area contributed by atoms with E-state index in [9.17, 15) is 9.00 Å². The number of hydrogen-bond acceptors (Lipinski definition) is 3. The highest BCUT2D eigenvalue weighted by Crippen LogP contribution is 2.33. The number of fused-ring (bicyclic) bond motifs is 2. The van der Waals surface area contributed by atoms with Gasteiger partial charge in [0.2, 0.25) is 5.91 Å². The Kier molecular flexibility index (Phi) is 7.95. The lowest BCUT2D eigenvalue weighted by Crippen LogP contribution is -2.39. The van der Waals surface area contributed by atoms with Gasteiger partial charge in [0.15, 0.2) is 0 Å². The van der Waals surface area contributed by atoms with Crippen LogP contribution < -0.4 is 10.6 Å². The molecular formula is C22H33ClN2O2S. The number of halogens is 1. The molecule has 2 N–H and O–H groups in total. The van der Waals surface area contributed by atoms with E-state index >= 15 is 0 Å². The van der Waals surface area contributed by atoms with Gasteiger partial charge < -0.3 is 10.6 Å². The molecule has 3 unspecified atom stereocenters. The maximum atomic E-state index is 12.6. The fraction of sp³-hybridized carbons (Fsp3) is 0.682. The third kappa shape index (κ3) is 5.80. The molecule has 2 heterocycles. The molecule has 1 aliphatic carbocycles. The van der Waals surface area contributed by atoms with Crippen molar-refractivity contribution in [2.45, 2.75) is 87.3 Å². The summed E-state index contributed by atoms with van der Waals surface area (Å²) in [6, 6.07) is 9.19. The second-order valence-electron chi connectivity index (χ2n) is 8.71. The smallest absolute Gasteiger partial charge is 0.224 e. The van der Waals surface area contributed by atoms with E-state index in [1.807, 2.05) is 24.3 Å². The highest BCUT2D eigenvalue weighted by molar-refractivity contribution is 7.84. The van der Waals surface area contributed by atoms with E-state index < -0.39 is 10.8 Å². The third-order valence-electron chi connectivity index (χ3n) is 6.49. The van der Waals surface area contributed by atoms with Crippen LogP contribution >= 0.6 is 12.4 Å². The first kappa shape index (κ1) is 21.8. The number of amides is 1. The molecule has 6 heteroatoms. The molecule has 0 spiro atoms. The van der Waals surface area contributed by atoms with Gasteiger partial charge >= 0.3 is 0 Å². The van der Waals surface area contributed by atoms with Crippen molar-refractivity contribution in [1.82, 2.24) is 5.32 Å². The molecule has 1 aromatic carbocycles. The van der Waals surface area contributed by atoms with Gasteiger partial charge in [-0.15, -0.1) is 12.4 Å². The molecule has 156 valence electrons. The summed E-state index contributed by atoms with van der Waals surface area (Å²) in [7, 11) is -0.805. The van der Waals surface area contributed by atoms with E-state index in [-0.39, 0.29) is 18.3 Å². The van der Waals surface area contributed by atoms with Crippen LogP contribution in [-0.4, -0.2) is 27.4 Å². The standard InChI is InChI=1S/C22H32N2O2S.ClH/c25-22(14-17-12-19-9-10-20(13-17)23-19)24-18-6-4-5-16(11-18)15-27(26)21-7-2-1-3-8-21;/h4-6,11,17,19-21,23H,1-3,7-10,12-15H2,(H,24,25);1H. The highest BCUT2D eigenvalue weighted by Gasteiger charge is 2.34. The van der Waals surface area contributed by atoms with Gasteiger partial charge in [0, 0.05) is 46.0 Å². The Morgan fingerprint density at radius 3 is 2.50 bits per heavy atom. The van der Waals surface area contributed by atoms with Crippen LogP contribution in [0.2, 0.25) is 0 Å². The predicted molar refractivity (Wildman–Crippen MR) is 118 cm³/mol. The Balaban J connectivity index is 0.00000225. The molecule has 1 amide bonds. The lowest BCUT2D eigenvalue weighted by molar-refractivity contribution is -0.117. The van der Waals surface area contributed by atoms with E-state index in [1.165, 1.54) is 32.1 Å². The van der Waals surface area contributed by atoms with Crippen LogP contribution in [-0.2, 0) is 21.3 Å². The van der Waals surface area contributed by atoms with Crippen LogP contribution in [0, 0.1) is 5.92 Å². The molecule has 2 aliphatic heterocycles. The molecule has 1 saturated carbocycles. The first-order valence-electron chi connectivity index (χ1n) is 10.7. The van der Waals surface area contributed by atoms with E-state index in [0.717, 1.165) is 36.9 Å². The van der Waals surface area contributed by atoms with Gasteiger partial charge in [-0.1, -0.05) is 31.4 Å². The number of hydrogen-bond donors (Lipinski definition) is 2. The topological polar surface area (TPSA) is 58.2 Å². The summed E-state index contributed by atoms with van der Waals surface area (Å²) in [6.45, 7) is 0. The Bertz CT molecular complexity index is 681. The molecule has 4 nitrogen and oxygen atoms in total. The summed E-state index contributed by atoms with van der Waals surface area (Å²) in [4.78, 5) is 12.5. The molecule has 4 rings (SSSR count). The summed E-state index contributed by atoms with van der Waals surface area (Å²) in [5.74, 6) is 1.23. The molecule has 28 heavy (non-hydrogen) atoms. The molecule has 3 atom stereocenters. The second kappa shape index (κ2) is 10.2. The molecule has 2 bridgehead atoms. The maximum absolute atomic E-state index is 12.6. The van der Waals surface area contributed by atoms with Crippen LogP contribution in [0.1, 0.15) is 69.8 Å². The monoisotopic (exact) mass is 424 g/mol. The molecule has 3 aliphatic rings. The maximum Gasteiger partial charge on any atom is 0.224 e. The number of rotatable bonds is 6. The van der Waals surface area contributed by atoms with Crippen molar-refractivity contribution in [2.75, 3.05) is 5.32 Å². The number of nitrogens with one attached hydrogen (secondary N) is 2. The van der Waals surface area contributed by atoms with E-state index in [0.29, 0.717) is 35.4 Å². The average molecular weight is 425 g/mol. The first-order chi connectivity index (χ1) is 13.2. The van der Waals surface area contributed by atoms with Crippen molar-refractivity contribution in [3.05, 3.63) is 29.8 Å². The normalized spacial score (nSPS) is 28.4. The Labute approximate surface area is 177 Å². The predicted octanol–water partition coefficient (Wildman–Crippen LogP) is 4.55. The van der Waals surface area contributed by atoms with Gasteiger partial charge in [-0.3, -0.25) is 9.00 Å². The molecular weight excluding hydrogens is 392 g/mol. The second-order valence-corrected chi connectivity index (χ2v) is 10.4. The summed E-state index contributed by atoms with van der Waals surface area (Å²) in [5, 5.41) is 7.06. The fourth-order valence-corrected chi connectivity index (χ4v) is 6.77. The van der Waals surface area contributed by atoms with Crippen molar-refractivity contribution in [2.24, 2.45) is 5.92 Å². The molecule has 0 aromatic heterocycles. The van der Waals surface area contributed by atoms with Gasteiger partial charge in [0.05, 0.1) is 0 Å². The number of carbonyl (C=O) groups excluding carboxylic acids is 1. The van der Waals surface area contributed by atoms with Crippen LogP contribution in [0.15, 0.2) is 24.3 Å². The SMILES string of the molecule is Cl.O=C(CC1CC2CCC(C1)N2)Nc1cccc(CS(=O)C2CCCCC2)c1. The zero-order chi connectivity index (χ0) is 18.6. The number of benzene rings is 1. The lowest BCUT2D eigenvalue weighted by atomic mass is 9.89. The summed E-state index contributed by atoms with van der Waals surface area (Å²) >= 11 is 0. The van der Waals surface area contributed by atoms with Gasteiger partial charge in [-0.2, -0.15) is 0 Å². The Morgan fingerprint density at radius 2 is 1.79 bits per heavy atom. The minimum Gasteiger partial charge on any atom is -0.326 e. The quantitative estimate of drug-likeness (QED) is 0.704. The van der Waals surface area contributed by atoms with Gasteiger partial charge in [-0.25, -0.2) is 0 Å². The fourth-order valence-electron chi connectivity index (χ4n) is 5.16. The minimum absolute atomic E-state index is 0. The lowest BCUT2D eigenvalue weighted by Gasteiger charge is -2.28. The highest BCUT2D eigenvalue weighted by atomic mass is 35.5. The van der Waals surface area contributed by atoms with E-state index in [4.69, 9.17) is 0 Å². The average Bonchev–Trinajstić information content (AvgIpc) is 3.01. The van der Waals surface area contributed by atoms with Crippen molar-refractivity contribution in [1.29, 1.82) is 0 Å². The van der Waals surface area contributed by atoms with E-state index in [2.05, 4.69) is 10.6 Å². The summed E-state index contributed by atoms with van der Waals surface area (Å²) < 4.78 is 12.6. The Morgan fingerprint density at radius 1 is 1.07 bits per heavy atom. The van der Waals surface area contributed by atoms with Crippen LogP contribution in [0.5, 0.6) is 0 Å². The molecule has 2 saturated heterocycles. The number of carbonyl (C=O) groups is 1. The van der Waals surface area contributed by atoms with Crippen molar-refractivity contribution < 1.29 is 9.00 Å². The van der Waals surface area contributed by atoms with Crippen molar-refractivity contribution in [3.63, 3.8) is 0 Å². The third-order valence-corrected chi connectivity index (χ3v) is 8.32. The number of piperidine rings is 1. The van der Waals surface area contributed by atoms with Crippen LogP contribution in [0.4, 0.5) is 5.69 Å². The van der Waals surface area contributed by atoms with Gasteiger partial charge in [-0.05, 0) is 62.1 Å². The van der Waals surface area contributed by atoms with Crippen LogP contribution in [0.25, 0.3) is 0 Å². The zero-order valence-corrected chi connectivity index (χ0v) is 18.2. The van der Waals surface area contributed by atoms with E-state index in [1.54, 1.807) is 0 Å². The number of anilines is 1. The minimum atomic E-state index is -0.805. The van der Waals surface area contributed by atoms with Gasteiger partial charge in [0.25, 0.3) is 0 Å². The molecule has 0 radical (unpaired) electrons. The Hall–Kier alpha value is -0.910. The molecule has 1 aromatic rings. The summed E-state index contributed by atoms with van der Waals surface area (Å²) in [5.41, 5.74) is 1.91. The van der Waals surface area contributed by atoms with Gasteiger partial charge in [0.1, 0.15) is 0 Å².